The summed E-state index contributed by atoms with van der Waals surface area (Å²) in [6.07, 6.45) is 8.08. The molecular formula is C17H30BrN3. The fraction of sp³-hybridized carbons (Fsp3) is 0.824. The highest BCUT2D eigenvalue weighted by molar-refractivity contribution is 9.10. The number of rotatable bonds is 4. The fourth-order valence-electron chi connectivity index (χ4n) is 3.66. The first kappa shape index (κ1) is 17.0. The van der Waals surface area contributed by atoms with Crippen LogP contribution in [0.15, 0.2) is 10.7 Å². The van der Waals surface area contributed by atoms with E-state index in [1.807, 2.05) is 6.20 Å². The molecule has 0 radical (unpaired) electrons. The maximum absolute atomic E-state index is 6.61. The van der Waals surface area contributed by atoms with Crippen LogP contribution in [0.2, 0.25) is 0 Å². The summed E-state index contributed by atoms with van der Waals surface area (Å²) in [4.78, 5) is 0. The Kier molecular flexibility index (Phi) is 5.53. The Balaban J connectivity index is 2.05. The summed E-state index contributed by atoms with van der Waals surface area (Å²) in [7, 11) is 0. The van der Waals surface area contributed by atoms with Crippen LogP contribution in [-0.2, 0) is 6.54 Å². The third-order valence-corrected chi connectivity index (χ3v) is 5.70. The van der Waals surface area contributed by atoms with Gasteiger partial charge >= 0.3 is 0 Å². The lowest BCUT2D eigenvalue weighted by Crippen LogP contribution is -2.32. The average molecular weight is 356 g/mol. The molecule has 1 unspecified atom stereocenters. The first-order valence-electron chi connectivity index (χ1n) is 8.31. The van der Waals surface area contributed by atoms with Gasteiger partial charge in [-0.3, -0.25) is 4.68 Å². The Labute approximate surface area is 137 Å². The van der Waals surface area contributed by atoms with Crippen molar-refractivity contribution in [2.45, 2.75) is 72.4 Å². The van der Waals surface area contributed by atoms with Gasteiger partial charge in [0, 0.05) is 6.54 Å². The molecule has 0 amide bonds. The van der Waals surface area contributed by atoms with Crippen molar-refractivity contribution < 1.29 is 0 Å². The van der Waals surface area contributed by atoms with E-state index in [1.165, 1.54) is 31.4 Å². The second-order valence-corrected chi connectivity index (χ2v) is 8.46. The fourth-order valence-corrected chi connectivity index (χ4v) is 4.22. The summed E-state index contributed by atoms with van der Waals surface area (Å²) >= 11 is 3.63. The van der Waals surface area contributed by atoms with E-state index in [9.17, 15) is 0 Å². The molecule has 21 heavy (non-hydrogen) atoms. The largest absolute Gasteiger partial charge is 0.322 e. The molecule has 120 valence electrons. The van der Waals surface area contributed by atoms with Crippen molar-refractivity contribution in [2.24, 2.45) is 23.0 Å². The highest BCUT2D eigenvalue weighted by Crippen LogP contribution is 2.43. The van der Waals surface area contributed by atoms with Crippen molar-refractivity contribution in [1.29, 1.82) is 0 Å². The molecule has 1 saturated carbocycles. The minimum atomic E-state index is 0.106. The van der Waals surface area contributed by atoms with Gasteiger partial charge in [0.15, 0.2) is 0 Å². The number of nitrogens with zero attached hydrogens (tertiary/aromatic N) is 2. The molecule has 1 aliphatic carbocycles. The van der Waals surface area contributed by atoms with Crippen LogP contribution in [0.5, 0.6) is 0 Å². The van der Waals surface area contributed by atoms with Crippen LogP contribution in [0.1, 0.15) is 71.5 Å². The van der Waals surface area contributed by atoms with Crippen molar-refractivity contribution in [2.75, 3.05) is 0 Å². The number of halogens is 1. The van der Waals surface area contributed by atoms with Gasteiger partial charge < -0.3 is 5.73 Å². The van der Waals surface area contributed by atoms with Gasteiger partial charge in [-0.25, -0.2) is 0 Å². The Morgan fingerprint density at radius 3 is 2.48 bits per heavy atom. The van der Waals surface area contributed by atoms with Crippen molar-refractivity contribution in [3.63, 3.8) is 0 Å². The molecule has 0 bridgehead atoms. The zero-order chi connectivity index (χ0) is 15.6. The Hall–Kier alpha value is -0.350. The zero-order valence-electron chi connectivity index (χ0n) is 13.9. The van der Waals surface area contributed by atoms with E-state index in [2.05, 4.69) is 53.4 Å². The SMILES string of the molecule is CCCn1ncc(Br)c1C(N)C1CCC(C(C)(C)C)CC1. The Bertz CT molecular complexity index is 453. The Morgan fingerprint density at radius 2 is 1.95 bits per heavy atom. The molecule has 3 nitrogen and oxygen atoms in total. The molecule has 2 N–H and O–H groups in total. The van der Waals surface area contributed by atoms with Crippen LogP contribution >= 0.6 is 15.9 Å². The molecule has 1 aliphatic rings. The van der Waals surface area contributed by atoms with E-state index in [1.54, 1.807) is 0 Å². The van der Waals surface area contributed by atoms with Gasteiger partial charge in [-0.15, -0.1) is 0 Å². The smallest absolute Gasteiger partial charge is 0.0696 e. The van der Waals surface area contributed by atoms with E-state index in [0.717, 1.165) is 23.4 Å². The monoisotopic (exact) mass is 355 g/mol. The first-order chi connectivity index (χ1) is 9.84. The highest BCUT2D eigenvalue weighted by Gasteiger charge is 2.33. The predicted octanol–water partition coefficient (Wildman–Crippen LogP) is 4.91. The summed E-state index contributed by atoms with van der Waals surface area (Å²) in [5.41, 5.74) is 8.23. The minimum absolute atomic E-state index is 0.106. The molecule has 1 aromatic rings. The minimum Gasteiger partial charge on any atom is -0.322 e. The topological polar surface area (TPSA) is 43.8 Å². The third-order valence-electron chi connectivity index (χ3n) is 5.09. The maximum Gasteiger partial charge on any atom is 0.0696 e. The van der Waals surface area contributed by atoms with Gasteiger partial charge in [0.1, 0.15) is 0 Å². The molecule has 1 atom stereocenters. The number of hydrogen-bond acceptors (Lipinski definition) is 2. The summed E-state index contributed by atoms with van der Waals surface area (Å²) in [6.45, 7) is 10.2. The van der Waals surface area contributed by atoms with Crippen LogP contribution in [0, 0.1) is 17.3 Å². The van der Waals surface area contributed by atoms with Crippen molar-refractivity contribution in [3.8, 4) is 0 Å². The van der Waals surface area contributed by atoms with Gasteiger partial charge in [0.05, 0.1) is 22.4 Å². The summed E-state index contributed by atoms with van der Waals surface area (Å²) in [5, 5.41) is 4.47. The highest BCUT2D eigenvalue weighted by atomic mass is 79.9. The molecule has 1 fully saturated rings. The molecule has 1 aromatic heterocycles. The van der Waals surface area contributed by atoms with E-state index in [0.29, 0.717) is 11.3 Å². The van der Waals surface area contributed by atoms with Gasteiger partial charge in [0.25, 0.3) is 0 Å². The third kappa shape index (κ3) is 3.89. The van der Waals surface area contributed by atoms with Crippen molar-refractivity contribution >= 4 is 15.9 Å². The van der Waals surface area contributed by atoms with Crippen LogP contribution in [0.4, 0.5) is 0 Å². The number of hydrogen-bond donors (Lipinski definition) is 1. The lowest BCUT2D eigenvalue weighted by atomic mass is 9.68. The Morgan fingerprint density at radius 1 is 1.33 bits per heavy atom. The van der Waals surface area contributed by atoms with Crippen LogP contribution < -0.4 is 5.73 Å². The van der Waals surface area contributed by atoms with Crippen LogP contribution in [0.3, 0.4) is 0 Å². The van der Waals surface area contributed by atoms with Gasteiger partial charge in [-0.05, 0) is 65.3 Å². The van der Waals surface area contributed by atoms with Crippen molar-refractivity contribution in [3.05, 3.63) is 16.4 Å². The number of aromatic nitrogens is 2. The maximum atomic E-state index is 6.61. The predicted molar refractivity (Wildman–Crippen MR) is 92.0 cm³/mol. The lowest BCUT2D eigenvalue weighted by Gasteiger charge is -2.38. The molecule has 0 spiro atoms. The van der Waals surface area contributed by atoms with E-state index < -0.39 is 0 Å². The van der Waals surface area contributed by atoms with Gasteiger partial charge in [-0.1, -0.05) is 27.7 Å². The molecule has 0 aliphatic heterocycles. The summed E-state index contributed by atoms with van der Waals surface area (Å²) < 4.78 is 3.16. The zero-order valence-corrected chi connectivity index (χ0v) is 15.5. The molecule has 0 aromatic carbocycles. The van der Waals surface area contributed by atoms with Crippen LogP contribution in [-0.4, -0.2) is 9.78 Å². The molecule has 0 saturated heterocycles. The molecule has 2 rings (SSSR count). The van der Waals surface area contributed by atoms with E-state index in [-0.39, 0.29) is 6.04 Å². The standard InChI is InChI=1S/C17H30BrN3/c1-5-10-21-16(14(18)11-20-21)15(19)12-6-8-13(9-7-12)17(2,3)4/h11-13,15H,5-10,19H2,1-4H3. The molecule has 4 heteroatoms. The van der Waals surface area contributed by atoms with E-state index >= 15 is 0 Å². The number of aryl methyl sites for hydroxylation is 1. The van der Waals surface area contributed by atoms with E-state index in [4.69, 9.17) is 5.73 Å². The number of nitrogens with two attached hydrogens (primary N) is 1. The average Bonchev–Trinajstić information content (AvgIpc) is 2.79. The molecular weight excluding hydrogens is 326 g/mol. The first-order valence-corrected chi connectivity index (χ1v) is 9.10. The normalized spacial score (nSPS) is 25.0. The second-order valence-electron chi connectivity index (χ2n) is 7.60. The van der Waals surface area contributed by atoms with Gasteiger partial charge in [-0.2, -0.15) is 5.10 Å². The van der Waals surface area contributed by atoms with Crippen LogP contribution in [0.25, 0.3) is 0 Å². The summed E-state index contributed by atoms with van der Waals surface area (Å²) in [5.74, 6) is 1.43. The summed E-state index contributed by atoms with van der Waals surface area (Å²) in [6, 6.07) is 0.106. The molecule has 1 heterocycles. The van der Waals surface area contributed by atoms with Crippen molar-refractivity contribution in [1.82, 2.24) is 9.78 Å². The quantitative estimate of drug-likeness (QED) is 0.833. The lowest BCUT2D eigenvalue weighted by molar-refractivity contribution is 0.138. The second kappa shape index (κ2) is 6.82. The van der Waals surface area contributed by atoms with Gasteiger partial charge in [0.2, 0.25) is 0 Å².